The van der Waals surface area contributed by atoms with Gasteiger partial charge in [-0.15, -0.1) is 0 Å². The van der Waals surface area contributed by atoms with Crippen molar-refractivity contribution >= 4 is 28.6 Å². The van der Waals surface area contributed by atoms with Gasteiger partial charge in [0, 0.05) is 30.0 Å². The molecular weight excluding hydrogens is 334 g/mol. The summed E-state index contributed by atoms with van der Waals surface area (Å²) in [5.41, 5.74) is 4.93. The molecule has 1 amide bonds. The maximum atomic E-state index is 12.1. The van der Waals surface area contributed by atoms with Crippen molar-refractivity contribution in [2.45, 2.75) is 26.3 Å². The third-order valence-corrected chi connectivity index (χ3v) is 4.80. The van der Waals surface area contributed by atoms with Gasteiger partial charge in [0.2, 0.25) is 5.91 Å². The first-order chi connectivity index (χ1) is 13.1. The van der Waals surface area contributed by atoms with Gasteiger partial charge in [0.1, 0.15) is 0 Å². The number of hydrazone groups is 1. The molecular formula is C23H21N3O. The van der Waals surface area contributed by atoms with E-state index in [1.54, 1.807) is 11.9 Å². The summed E-state index contributed by atoms with van der Waals surface area (Å²) in [5.74, 6) is -0.0564. The lowest BCUT2D eigenvalue weighted by Gasteiger charge is -2.16. The molecule has 4 rings (SSSR count). The number of rotatable bonds is 3. The summed E-state index contributed by atoms with van der Waals surface area (Å²) in [4.78, 5) is 16.8. The van der Waals surface area contributed by atoms with Gasteiger partial charge in [-0.05, 0) is 24.6 Å². The van der Waals surface area contributed by atoms with E-state index in [1.807, 2.05) is 61.5 Å². The van der Waals surface area contributed by atoms with E-state index in [1.165, 1.54) is 0 Å². The molecule has 1 unspecified atom stereocenters. The van der Waals surface area contributed by atoms with Gasteiger partial charge in [-0.3, -0.25) is 9.78 Å². The molecule has 4 nitrogen and oxygen atoms in total. The first-order valence-corrected chi connectivity index (χ1v) is 9.09. The largest absolute Gasteiger partial charge is 0.273 e. The third-order valence-electron chi connectivity index (χ3n) is 4.80. The number of aryl methyl sites for hydroxylation is 1. The Kier molecular flexibility index (Phi) is 4.55. The van der Waals surface area contributed by atoms with Crippen LogP contribution in [0.2, 0.25) is 0 Å². The standard InChI is InChI=1S/C23H21N3O/c1-16-21(14-19-10-6-7-11-22(19)24-16)23-15-20(26(25-23)17(2)27)13-12-18-8-4-3-5-9-18/h3-14,20H,15H2,1-2H3/b13-12+. The molecule has 0 fully saturated rings. The zero-order valence-corrected chi connectivity index (χ0v) is 15.5. The second-order valence-corrected chi connectivity index (χ2v) is 6.77. The molecule has 4 heteroatoms. The van der Waals surface area contributed by atoms with Crippen molar-refractivity contribution in [3.8, 4) is 0 Å². The number of carbonyl (C=O) groups excluding carboxylic acids is 1. The average Bonchev–Trinajstić information content (AvgIpc) is 3.11. The minimum absolute atomic E-state index is 0.0564. The molecule has 1 aliphatic rings. The number of fused-ring (bicyclic) bond motifs is 1. The highest BCUT2D eigenvalue weighted by Gasteiger charge is 2.29. The van der Waals surface area contributed by atoms with Crippen LogP contribution in [0, 0.1) is 6.92 Å². The number of hydrogen-bond donors (Lipinski definition) is 0. The number of amides is 1. The SMILES string of the molecule is CC(=O)N1N=C(c2cc3ccccc3nc2C)CC1/C=C/c1ccccc1. The van der Waals surface area contributed by atoms with Gasteiger partial charge in [-0.1, -0.05) is 60.7 Å². The molecule has 0 saturated heterocycles. The molecule has 27 heavy (non-hydrogen) atoms. The van der Waals surface area contributed by atoms with Gasteiger partial charge in [-0.2, -0.15) is 5.10 Å². The molecule has 3 aromatic rings. The summed E-state index contributed by atoms with van der Waals surface area (Å²) in [6.45, 7) is 3.55. The molecule has 1 aromatic heterocycles. The maximum absolute atomic E-state index is 12.1. The molecule has 134 valence electrons. The zero-order chi connectivity index (χ0) is 18.8. The zero-order valence-electron chi connectivity index (χ0n) is 15.5. The van der Waals surface area contributed by atoms with Crippen molar-refractivity contribution in [2.75, 3.05) is 0 Å². The van der Waals surface area contributed by atoms with Gasteiger partial charge < -0.3 is 0 Å². The lowest BCUT2D eigenvalue weighted by molar-refractivity contribution is -0.129. The Hall–Kier alpha value is -3.27. The number of nitrogens with zero attached hydrogens (tertiary/aromatic N) is 3. The molecule has 1 aliphatic heterocycles. The molecule has 0 aliphatic carbocycles. The molecule has 0 radical (unpaired) electrons. The van der Waals surface area contributed by atoms with Gasteiger partial charge in [0.05, 0.1) is 17.3 Å². The van der Waals surface area contributed by atoms with Crippen molar-refractivity contribution in [3.63, 3.8) is 0 Å². The molecule has 2 aromatic carbocycles. The number of benzene rings is 2. The topological polar surface area (TPSA) is 45.6 Å². The number of aromatic nitrogens is 1. The van der Waals surface area contributed by atoms with Gasteiger partial charge >= 0.3 is 0 Å². The Morgan fingerprint density at radius 1 is 1.11 bits per heavy atom. The highest BCUT2D eigenvalue weighted by molar-refractivity contribution is 6.06. The molecule has 0 spiro atoms. The van der Waals surface area contributed by atoms with Crippen LogP contribution in [0.25, 0.3) is 17.0 Å². The third kappa shape index (κ3) is 3.51. The second kappa shape index (κ2) is 7.16. The number of pyridine rings is 1. The van der Waals surface area contributed by atoms with Crippen LogP contribution < -0.4 is 0 Å². The first-order valence-electron chi connectivity index (χ1n) is 9.09. The molecule has 0 bridgehead atoms. The van der Waals surface area contributed by atoms with E-state index < -0.39 is 0 Å². The van der Waals surface area contributed by atoms with Crippen LogP contribution in [-0.4, -0.2) is 27.7 Å². The quantitative estimate of drug-likeness (QED) is 0.690. The summed E-state index contributed by atoms with van der Waals surface area (Å²) in [6, 6.07) is 20.2. The van der Waals surface area contributed by atoms with E-state index in [0.717, 1.165) is 33.4 Å². The minimum Gasteiger partial charge on any atom is -0.273 e. The summed E-state index contributed by atoms with van der Waals surface area (Å²) >= 11 is 0. The van der Waals surface area contributed by atoms with E-state index >= 15 is 0 Å². The van der Waals surface area contributed by atoms with E-state index in [2.05, 4.69) is 23.3 Å². The van der Waals surface area contributed by atoms with E-state index in [4.69, 9.17) is 4.98 Å². The maximum Gasteiger partial charge on any atom is 0.240 e. The monoisotopic (exact) mass is 355 g/mol. The van der Waals surface area contributed by atoms with Crippen LogP contribution in [0.15, 0.2) is 71.8 Å². The van der Waals surface area contributed by atoms with Crippen molar-refractivity contribution < 1.29 is 4.79 Å². The highest BCUT2D eigenvalue weighted by Crippen LogP contribution is 2.25. The van der Waals surface area contributed by atoms with Crippen LogP contribution in [-0.2, 0) is 4.79 Å². The van der Waals surface area contributed by atoms with E-state index in [9.17, 15) is 4.79 Å². The van der Waals surface area contributed by atoms with Crippen molar-refractivity contribution in [1.82, 2.24) is 9.99 Å². The predicted molar refractivity (Wildman–Crippen MR) is 109 cm³/mol. The Morgan fingerprint density at radius 3 is 2.63 bits per heavy atom. The summed E-state index contributed by atoms with van der Waals surface area (Å²) in [5, 5.41) is 7.28. The summed E-state index contributed by atoms with van der Waals surface area (Å²) in [7, 11) is 0. The second-order valence-electron chi connectivity index (χ2n) is 6.77. The van der Waals surface area contributed by atoms with Crippen molar-refractivity contribution in [3.05, 3.63) is 83.6 Å². The lowest BCUT2D eigenvalue weighted by Crippen LogP contribution is -2.29. The fourth-order valence-electron chi connectivity index (χ4n) is 3.44. The summed E-state index contributed by atoms with van der Waals surface area (Å²) < 4.78 is 0. The predicted octanol–water partition coefficient (Wildman–Crippen LogP) is 4.58. The average molecular weight is 355 g/mol. The normalized spacial score (nSPS) is 16.9. The minimum atomic E-state index is -0.0800. The smallest absolute Gasteiger partial charge is 0.240 e. The lowest BCUT2D eigenvalue weighted by atomic mass is 10.0. The van der Waals surface area contributed by atoms with Gasteiger partial charge in [0.25, 0.3) is 0 Å². The highest BCUT2D eigenvalue weighted by atomic mass is 16.2. The Labute approximate surface area is 158 Å². The number of hydrogen-bond acceptors (Lipinski definition) is 3. The molecule has 1 atom stereocenters. The fourth-order valence-corrected chi connectivity index (χ4v) is 3.44. The Balaban J connectivity index is 1.66. The van der Waals surface area contributed by atoms with Crippen molar-refractivity contribution in [1.29, 1.82) is 0 Å². The fraction of sp³-hybridized carbons (Fsp3) is 0.174. The van der Waals surface area contributed by atoms with Gasteiger partial charge in [0.15, 0.2) is 0 Å². The van der Waals surface area contributed by atoms with Crippen LogP contribution in [0.1, 0.15) is 30.2 Å². The first kappa shape index (κ1) is 17.2. The Bertz CT molecular complexity index is 1050. The van der Waals surface area contributed by atoms with Gasteiger partial charge in [-0.25, -0.2) is 5.01 Å². The van der Waals surface area contributed by atoms with Crippen LogP contribution >= 0.6 is 0 Å². The van der Waals surface area contributed by atoms with E-state index in [0.29, 0.717) is 6.42 Å². The Morgan fingerprint density at radius 2 is 1.85 bits per heavy atom. The van der Waals surface area contributed by atoms with Crippen LogP contribution in [0.4, 0.5) is 0 Å². The molecule has 0 saturated carbocycles. The van der Waals surface area contributed by atoms with Crippen LogP contribution in [0.5, 0.6) is 0 Å². The van der Waals surface area contributed by atoms with E-state index in [-0.39, 0.29) is 11.9 Å². The number of carbonyl (C=O) groups is 1. The molecule has 0 N–H and O–H groups in total. The van der Waals surface area contributed by atoms with Crippen LogP contribution in [0.3, 0.4) is 0 Å². The van der Waals surface area contributed by atoms with Crippen molar-refractivity contribution in [2.24, 2.45) is 5.10 Å². The molecule has 2 heterocycles. The summed E-state index contributed by atoms with van der Waals surface area (Å²) in [6.07, 6.45) is 4.78. The number of para-hydroxylation sites is 1.